The van der Waals surface area contributed by atoms with Crippen LogP contribution in [0, 0.1) is 0 Å². The predicted molar refractivity (Wildman–Crippen MR) is 67.4 cm³/mol. The van der Waals surface area contributed by atoms with Crippen molar-refractivity contribution >= 4 is 11.0 Å². The van der Waals surface area contributed by atoms with Gasteiger partial charge in [-0.15, -0.1) is 0 Å². The number of hydrogen-bond acceptors (Lipinski definition) is 4. The van der Waals surface area contributed by atoms with E-state index >= 15 is 0 Å². The van der Waals surface area contributed by atoms with Crippen LogP contribution < -0.4 is 5.43 Å². The summed E-state index contributed by atoms with van der Waals surface area (Å²) in [4.78, 5) is 16.1. The lowest BCUT2D eigenvalue weighted by Crippen LogP contribution is -2.00. The summed E-state index contributed by atoms with van der Waals surface area (Å²) in [5.41, 5.74) is 0.651. The first kappa shape index (κ1) is 10.5. The van der Waals surface area contributed by atoms with Gasteiger partial charge in [0, 0.05) is 12.3 Å². The van der Waals surface area contributed by atoms with Gasteiger partial charge in [0.05, 0.1) is 0 Å². The number of aromatic hydroxyl groups is 1. The first-order chi connectivity index (χ1) is 8.75. The fourth-order valence-electron chi connectivity index (χ4n) is 1.83. The number of aromatic nitrogens is 1. The minimum atomic E-state index is -0.282. The number of benzene rings is 1. The van der Waals surface area contributed by atoms with Crippen LogP contribution in [-0.4, -0.2) is 10.1 Å². The highest BCUT2D eigenvalue weighted by Gasteiger charge is 2.10. The molecule has 0 aliphatic rings. The van der Waals surface area contributed by atoms with Crippen molar-refractivity contribution in [2.75, 3.05) is 0 Å². The molecule has 4 heteroatoms. The largest absolute Gasteiger partial charge is 0.507 e. The number of pyridine rings is 1. The minimum absolute atomic E-state index is 0.0752. The van der Waals surface area contributed by atoms with E-state index in [-0.39, 0.29) is 16.6 Å². The van der Waals surface area contributed by atoms with E-state index in [1.54, 1.807) is 30.5 Å². The van der Waals surface area contributed by atoms with E-state index in [9.17, 15) is 9.90 Å². The van der Waals surface area contributed by atoms with Crippen LogP contribution in [0.15, 0.2) is 57.9 Å². The summed E-state index contributed by atoms with van der Waals surface area (Å²) in [5, 5.41) is 9.83. The van der Waals surface area contributed by atoms with Gasteiger partial charge in [-0.25, -0.2) is 0 Å². The second kappa shape index (κ2) is 4.00. The first-order valence-corrected chi connectivity index (χ1v) is 5.43. The number of phenolic OH excluding ortho intramolecular Hbond substituents is 1. The Kier molecular flexibility index (Phi) is 2.34. The lowest BCUT2D eigenvalue weighted by molar-refractivity contribution is 0.479. The van der Waals surface area contributed by atoms with Gasteiger partial charge >= 0.3 is 0 Å². The van der Waals surface area contributed by atoms with Crippen molar-refractivity contribution in [1.29, 1.82) is 0 Å². The van der Waals surface area contributed by atoms with Crippen molar-refractivity contribution in [2.24, 2.45) is 0 Å². The molecule has 0 unspecified atom stereocenters. The molecule has 2 heterocycles. The molecule has 18 heavy (non-hydrogen) atoms. The Bertz CT molecular complexity index is 763. The molecule has 0 radical (unpaired) electrons. The summed E-state index contributed by atoms with van der Waals surface area (Å²) in [5.74, 6) is 0.313. The Hall–Kier alpha value is -2.62. The van der Waals surface area contributed by atoms with E-state index < -0.39 is 0 Å². The quantitative estimate of drug-likeness (QED) is 0.708. The Morgan fingerprint density at radius 2 is 2.00 bits per heavy atom. The van der Waals surface area contributed by atoms with E-state index in [4.69, 9.17) is 4.42 Å². The summed E-state index contributed by atoms with van der Waals surface area (Å²) in [6.45, 7) is 0. The number of fused-ring (bicyclic) bond motifs is 1. The number of rotatable bonds is 1. The van der Waals surface area contributed by atoms with Gasteiger partial charge in [-0.3, -0.25) is 9.78 Å². The highest BCUT2D eigenvalue weighted by Crippen LogP contribution is 2.25. The molecule has 0 aliphatic carbocycles. The van der Waals surface area contributed by atoms with Crippen LogP contribution >= 0.6 is 0 Å². The standard InChI is InChI=1S/C14H9NO3/c16-10-5-3-6-12-14(10)11(17)8-13(18-12)9-4-1-2-7-15-9/h1-8,16H. The normalized spacial score (nSPS) is 10.7. The third-order valence-electron chi connectivity index (χ3n) is 2.65. The van der Waals surface area contributed by atoms with Crippen molar-refractivity contribution in [3.63, 3.8) is 0 Å². The Balaban J connectivity index is 2.33. The Morgan fingerprint density at radius 3 is 2.78 bits per heavy atom. The molecule has 3 rings (SSSR count). The molecule has 0 saturated carbocycles. The van der Waals surface area contributed by atoms with Crippen molar-refractivity contribution < 1.29 is 9.52 Å². The van der Waals surface area contributed by atoms with Gasteiger partial charge in [0.15, 0.2) is 11.2 Å². The molecular formula is C14H9NO3. The van der Waals surface area contributed by atoms with E-state index in [2.05, 4.69) is 4.98 Å². The topological polar surface area (TPSA) is 63.3 Å². The van der Waals surface area contributed by atoms with Gasteiger partial charge in [0.25, 0.3) is 0 Å². The van der Waals surface area contributed by atoms with Gasteiger partial charge < -0.3 is 9.52 Å². The second-order valence-corrected chi connectivity index (χ2v) is 3.84. The first-order valence-electron chi connectivity index (χ1n) is 5.43. The van der Waals surface area contributed by atoms with Crippen molar-refractivity contribution in [3.05, 3.63) is 58.9 Å². The van der Waals surface area contributed by atoms with Gasteiger partial charge in [0.2, 0.25) is 0 Å². The smallest absolute Gasteiger partial charge is 0.197 e. The van der Waals surface area contributed by atoms with E-state index in [1.165, 1.54) is 12.1 Å². The summed E-state index contributed by atoms with van der Waals surface area (Å²) >= 11 is 0. The van der Waals surface area contributed by atoms with Crippen LogP contribution in [0.2, 0.25) is 0 Å². The predicted octanol–water partition coefficient (Wildman–Crippen LogP) is 2.56. The highest BCUT2D eigenvalue weighted by atomic mass is 16.3. The average molecular weight is 239 g/mol. The summed E-state index contributed by atoms with van der Waals surface area (Å²) < 4.78 is 5.59. The summed E-state index contributed by atoms with van der Waals surface area (Å²) in [6.07, 6.45) is 1.63. The van der Waals surface area contributed by atoms with Gasteiger partial charge in [-0.2, -0.15) is 0 Å². The zero-order chi connectivity index (χ0) is 12.5. The average Bonchev–Trinajstić information content (AvgIpc) is 2.39. The van der Waals surface area contributed by atoms with Gasteiger partial charge in [-0.05, 0) is 24.3 Å². The van der Waals surface area contributed by atoms with Crippen LogP contribution in [0.4, 0.5) is 0 Å². The van der Waals surface area contributed by atoms with Crippen LogP contribution in [0.3, 0.4) is 0 Å². The molecule has 0 amide bonds. The molecule has 2 aromatic heterocycles. The van der Waals surface area contributed by atoms with Crippen molar-refractivity contribution in [1.82, 2.24) is 4.98 Å². The molecule has 0 atom stereocenters. The maximum Gasteiger partial charge on any atom is 0.197 e. The summed E-state index contributed by atoms with van der Waals surface area (Å²) in [7, 11) is 0. The van der Waals surface area contributed by atoms with Crippen LogP contribution in [-0.2, 0) is 0 Å². The third kappa shape index (κ3) is 1.64. The molecule has 3 aromatic rings. The fourth-order valence-corrected chi connectivity index (χ4v) is 1.83. The van der Waals surface area contributed by atoms with Crippen LogP contribution in [0.5, 0.6) is 5.75 Å². The fraction of sp³-hybridized carbons (Fsp3) is 0. The molecule has 0 saturated heterocycles. The van der Waals surface area contributed by atoms with Gasteiger partial charge in [-0.1, -0.05) is 12.1 Å². The zero-order valence-corrected chi connectivity index (χ0v) is 9.33. The molecule has 0 bridgehead atoms. The van der Waals surface area contributed by atoms with E-state index in [0.717, 1.165) is 0 Å². The van der Waals surface area contributed by atoms with E-state index in [0.29, 0.717) is 17.0 Å². The molecule has 1 N–H and O–H groups in total. The van der Waals surface area contributed by atoms with Crippen molar-refractivity contribution in [3.8, 4) is 17.2 Å². The molecule has 0 fully saturated rings. The zero-order valence-electron chi connectivity index (χ0n) is 9.33. The molecule has 1 aromatic carbocycles. The van der Waals surface area contributed by atoms with E-state index in [1.807, 2.05) is 6.07 Å². The molecule has 0 aliphatic heterocycles. The highest BCUT2D eigenvalue weighted by molar-refractivity contribution is 5.84. The maximum absolute atomic E-state index is 11.9. The number of phenols is 1. The number of hydrogen-bond donors (Lipinski definition) is 1. The van der Waals surface area contributed by atoms with Crippen LogP contribution in [0.1, 0.15) is 0 Å². The Labute approximate surface area is 102 Å². The molecule has 0 spiro atoms. The monoisotopic (exact) mass is 239 g/mol. The molecule has 4 nitrogen and oxygen atoms in total. The Morgan fingerprint density at radius 1 is 1.11 bits per heavy atom. The second-order valence-electron chi connectivity index (χ2n) is 3.84. The lowest BCUT2D eigenvalue weighted by Gasteiger charge is -2.03. The van der Waals surface area contributed by atoms with Crippen LogP contribution in [0.25, 0.3) is 22.4 Å². The minimum Gasteiger partial charge on any atom is -0.507 e. The third-order valence-corrected chi connectivity index (χ3v) is 2.65. The van der Waals surface area contributed by atoms with Gasteiger partial charge in [0.1, 0.15) is 22.4 Å². The molecule has 88 valence electrons. The van der Waals surface area contributed by atoms with Crippen molar-refractivity contribution in [2.45, 2.75) is 0 Å². The SMILES string of the molecule is O=c1cc(-c2ccccn2)oc2cccc(O)c12. The summed E-state index contributed by atoms with van der Waals surface area (Å²) in [6, 6.07) is 11.4. The molecular weight excluding hydrogens is 230 g/mol. The maximum atomic E-state index is 11.9. The number of nitrogens with zero attached hydrogens (tertiary/aromatic N) is 1. The lowest BCUT2D eigenvalue weighted by atomic mass is 10.2.